The fraction of sp³-hybridized carbons (Fsp3) is 0.167. The average molecular weight is 231 g/mol. The number of furan rings is 1. The molecule has 0 aliphatic carbocycles. The second kappa shape index (κ2) is 5.16. The smallest absolute Gasteiger partial charge is 0.291 e. The van der Waals surface area contributed by atoms with Gasteiger partial charge in [-0.3, -0.25) is 4.79 Å². The molecule has 0 aliphatic heterocycles. The Bertz CT molecular complexity index is 477. The van der Waals surface area contributed by atoms with Crippen LogP contribution in [0.2, 0.25) is 0 Å². The first-order chi connectivity index (χ1) is 8.29. The van der Waals surface area contributed by atoms with Crippen LogP contribution in [0.15, 0.2) is 41.1 Å². The Labute approximate surface area is 98.9 Å². The van der Waals surface area contributed by atoms with Crippen molar-refractivity contribution >= 4 is 17.4 Å². The summed E-state index contributed by atoms with van der Waals surface area (Å²) in [4.78, 5) is 15.8. The molecule has 0 aromatic carbocycles. The van der Waals surface area contributed by atoms with E-state index < -0.39 is 0 Å². The minimum atomic E-state index is -0.284. The Hall–Kier alpha value is -2.30. The van der Waals surface area contributed by atoms with Gasteiger partial charge < -0.3 is 15.1 Å². The lowest BCUT2D eigenvalue weighted by molar-refractivity contribution is 0.0996. The highest BCUT2D eigenvalue weighted by molar-refractivity contribution is 6.02. The van der Waals surface area contributed by atoms with E-state index in [0.29, 0.717) is 5.69 Å². The van der Waals surface area contributed by atoms with Crippen molar-refractivity contribution in [3.63, 3.8) is 0 Å². The van der Waals surface area contributed by atoms with Crippen LogP contribution in [0, 0.1) is 0 Å². The predicted molar refractivity (Wildman–Crippen MR) is 65.1 cm³/mol. The molecule has 0 spiro atoms. The van der Waals surface area contributed by atoms with Gasteiger partial charge in [0.1, 0.15) is 5.82 Å². The third-order valence-electron chi connectivity index (χ3n) is 2.12. The van der Waals surface area contributed by atoms with Crippen molar-refractivity contribution in [2.45, 2.75) is 6.92 Å². The molecule has 17 heavy (non-hydrogen) atoms. The van der Waals surface area contributed by atoms with Crippen LogP contribution >= 0.6 is 0 Å². The minimum absolute atomic E-state index is 0.278. The number of anilines is 2. The van der Waals surface area contributed by atoms with Gasteiger partial charge in [0.15, 0.2) is 5.76 Å². The summed E-state index contributed by atoms with van der Waals surface area (Å²) >= 11 is 0. The zero-order valence-corrected chi connectivity index (χ0v) is 9.43. The lowest BCUT2D eigenvalue weighted by atomic mass is 10.3. The summed E-state index contributed by atoms with van der Waals surface area (Å²) in [7, 11) is 0. The summed E-state index contributed by atoms with van der Waals surface area (Å²) in [5.74, 6) is 0.775. The maximum atomic E-state index is 11.6. The van der Waals surface area contributed by atoms with Crippen molar-refractivity contribution < 1.29 is 9.21 Å². The van der Waals surface area contributed by atoms with Crippen molar-refractivity contribution in [3.05, 3.63) is 42.5 Å². The molecule has 0 atom stereocenters. The highest BCUT2D eigenvalue weighted by Crippen LogP contribution is 2.11. The van der Waals surface area contributed by atoms with Crippen LogP contribution in [0.3, 0.4) is 0 Å². The van der Waals surface area contributed by atoms with Gasteiger partial charge in [-0.2, -0.15) is 0 Å². The van der Waals surface area contributed by atoms with E-state index in [0.717, 1.165) is 12.4 Å². The summed E-state index contributed by atoms with van der Waals surface area (Å²) in [5.41, 5.74) is 0.632. The van der Waals surface area contributed by atoms with Crippen molar-refractivity contribution in [3.8, 4) is 0 Å². The molecular weight excluding hydrogens is 218 g/mol. The number of hydrogen-bond acceptors (Lipinski definition) is 4. The van der Waals surface area contributed by atoms with Gasteiger partial charge >= 0.3 is 0 Å². The van der Waals surface area contributed by atoms with Gasteiger partial charge in [-0.05, 0) is 31.2 Å². The van der Waals surface area contributed by atoms with Crippen LogP contribution in [0.5, 0.6) is 0 Å². The molecule has 5 heteroatoms. The van der Waals surface area contributed by atoms with Crippen LogP contribution in [-0.4, -0.2) is 17.4 Å². The standard InChI is InChI=1S/C12H13N3O2/c1-2-13-11-6-5-9(8-14-11)15-12(16)10-4-3-7-17-10/h3-8H,2H2,1H3,(H,13,14)(H,15,16). The number of carbonyl (C=O) groups is 1. The summed E-state index contributed by atoms with van der Waals surface area (Å²) in [6.45, 7) is 2.80. The first kappa shape index (κ1) is 11.2. The van der Waals surface area contributed by atoms with Crippen LogP contribution in [0.4, 0.5) is 11.5 Å². The quantitative estimate of drug-likeness (QED) is 0.847. The number of carbonyl (C=O) groups excluding carboxylic acids is 1. The molecule has 2 heterocycles. The Morgan fingerprint density at radius 3 is 2.88 bits per heavy atom. The van der Waals surface area contributed by atoms with Gasteiger partial charge in [-0.15, -0.1) is 0 Å². The second-order valence-electron chi connectivity index (χ2n) is 3.39. The minimum Gasteiger partial charge on any atom is -0.459 e. The van der Waals surface area contributed by atoms with Crippen LogP contribution in [0.1, 0.15) is 17.5 Å². The first-order valence-corrected chi connectivity index (χ1v) is 5.34. The number of nitrogens with one attached hydrogen (secondary N) is 2. The van der Waals surface area contributed by atoms with Crippen molar-refractivity contribution in [1.82, 2.24) is 4.98 Å². The molecule has 2 rings (SSSR count). The van der Waals surface area contributed by atoms with Gasteiger partial charge in [-0.1, -0.05) is 0 Å². The van der Waals surface area contributed by atoms with Crippen molar-refractivity contribution in [1.29, 1.82) is 0 Å². The summed E-state index contributed by atoms with van der Waals surface area (Å²) in [6, 6.07) is 6.87. The largest absolute Gasteiger partial charge is 0.459 e. The third-order valence-corrected chi connectivity index (χ3v) is 2.12. The number of amides is 1. The van der Waals surface area contributed by atoms with Crippen LogP contribution in [-0.2, 0) is 0 Å². The monoisotopic (exact) mass is 231 g/mol. The van der Waals surface area contributed by atoms with Gasteiger partial charge in [0.2, 0.25) is 0 Å². The molecule has 0 bridgehead atoms. The lowest BCUT2D eigenvalue weighted by Gasteiger charge is -2.05. The summed E-state index contributed by atoms with van der Waals surface area (Å²) in [5, 5.41) is 5.76. The highest BCUT2D eigenvalue weighted by Gasteiger charge is 2.08. The van der Waals surface area contributed by atoms with E-state index in [1.165, 1.54) is 6.26 Å². The van der Waals surface area contributed by atoms with Crippen LogP contribution < -0.4 is 10.6 Å². The van der Waals surface area contributed by atoms with E-state index in [1.807, 2.05) is 6.92 Å². The molecule has 0 unspecified atom stereocenters. The van der Waals surface area contributed by atoms with Gasteiger partial charge in [-0.25, -0.2) is 4.98 Å². The van der Waals surface area contributed by atoms with E-state index >= 15 is 0 Å². The highest BCUT2D eigenvalue weighted by atomic mass is 16.3. The molecule has 5 nitrogen and oxygen atoms in total. The number of aromatic nitrogens is 1. The topological polar surface area (TPSA) is 67.2 Å². The number of rotatable bonds is 4. The zero-order chi connectivity index (χ0) is 12.1. The SMILES string of the molecule is CCNc1ccc(NC(=O)c2ccco2)cn1. The van der Waals surface area contributed by atoms with E-state index in [4.69, 9.17) is 4.42 Å². The first-order valence-electron chi connectivity index (χ1n) is 5.34. The third kappa shape index (κ3) is 2.84. The Balaban J connectivity index is 2.01. The Morgan fingerprint density at radius 1 is 1.41 bits per heavy atom. The number of pyridine rings is 1. The Morgan fingerprint density at radius 2 is 2.29 bits per heavy atom. The fourth-order valence-electron chi connectivity index (χ4n) is 1.35. The van der Waals surface area contributed by atoms with E-state index in [1.54, 1.807) is 30.5 Å². The molecular formula is C12H13N3O2. The maximum absolute atomic E-state index is 11.6. The van der Waals surface area contributed by atoms with E-state index in [9.17, 15) is 4.79 Å². The van der Waals surface area contributed by atoms with E-state index in [-0.39, 0.29) is 11.7 Å². The molecule has 2 aromatic heterocycles. The maximum Gasteiger partial charge on any atom is 0.291 e. The van der Waals surface area contributed by atoms with Crippen molar-refractivity contribution in [2.75, 3.05) is 17.2 Å². The van der Waals surface area contributed by atoms with Crippen LogP contribution in [0.25, 0.3) is 0 Å². The molecule has 1 amide bonds. The number of nitrogens with zero attached hydrogens (tertiary/aromatic N) is 1. The molecule has 0 fully saturated rings. The molecule has 0 saturated heterocycles. The summed E-state index contributed by atoms with van der Waals surface area (Å²) < 4.78 is 4.98. The van der Waals surface area contributed by atoms with Gasteiger partial charge in [0, 0.05) is 6.54 Å². The zero-order valence-electron chi connectivity index (χ0n) is 9.43. The molecule has 2 aromatic rings. The number of hydrogen-bond donors (Lipinski definition) is 2. The average Bonchev–Trinajstić information content (AvgIpc) is 2.86. The Kier molecular flexibility index (Phi) is 3.40. The molecule has 0 saturated carbocycles. The molecule has 0 aliphatic rings. The summed E-state index contributed by atoms with van der Waals surface area (Å²) in [6.07, 6.45) is 3.06. The normalized spacial score (nSPS) is 9.94. The van der Waals surface area contributed by atoms with Gasteiger partial charge in [0.25, 0.3) is 5.91 Å². The van der Waals surface area contributed by atoms with Crippen molar-refractivity contribution in [2.24, 2.45) is 0 Å². The predicted octanol–water partition coefficient (Wildman–Crippen LogP) is 2.36. The molecule has 88 valence electrons. The second-order valence-corrected chi connectivity index (χ2v) is 3.39. The molecule has 2 N–H and O–H groups in total. The fourth-order valence-corrected chi connectivity index (χ4v) is 1.35. The lowest BCUT2D eigenvalue weighted by Crippen LogP contribution is -2.11. The molecule has 0 radical (unpaired) electrons. The van der Waals surface area contributed by atoms with E-state index in [2.05, 4.69) is 15.6 Å². The van der Waals surface area contributed by atoms with Gasteiger partial charge in [0.05, 0.1) is 18.1 Å².